The van der Waals surface area contributed by atoms with Gasteiger partial charge in [-0.3, -0.25) is 9.59 Å². The summed E-state index contributed by atoms with van der Waals surface area (Å²) in [6.07, 6.45) is 0. The number of rotatable bonds is 14. The number of nitrogens with one attached hydrogen (secondary N) is 2. The minimum atomic E-state index is -0.209. The van der Waals surface area contributed by atoms with Gasteiger partial charge in [0.15, 0.2) is 0 Å². The number of carbonyl (C=O) groups excluding carboxylic acids is 2. The van der Waals surface area contributed by atoms with Crippen LogP contribution in [0.2, 0.25) is 0 Å². The second kappa shape index (κ2) is 15.6. The van der Waals surface area contributed by atoms with Gasteiger partial charge in [0.1, 0.15) is 24.7 Å². The number of ether oxygens (including phenoxy) is 3. The molecule has 2 amide bonds. The summed E-state index contributed by atoms with van der Waals surface area (Å²) in [5.74, 6) is 0.558. The van der Waals surface area contributed by atoms with Gasteiger partial charge in [0.2, 0.25) is 0 Å². The van der Waals surface area contributed by atoms with Crippen LogP contribution in [0.3, 0.4) is 0 Å². The van der Waals surface area contributed by atoms with Gasteiger partial charge in [-0.1, -0.05) is 133 Å². The Labute approximate surface area is 340 Å². The van der Waals surface area contributed by atoms with Crippen LogP contribution in [-0.2, 0) is 17.8 Å². The van der Waals surface area contributed by atoms with E-state index in [-0.39, 0.29) is 25.0 Å². The quantitative estimate of drug-likeness (QED) is 0.0849. The van der Waals surface area contributed by atoms with Crippen LogP contribution in [-0.4, -0.2) is 38.2 Å². The molecule has 7 heteroatoms. The molecule has 0 aliphatic heterocycles. The first kappa shape index (κ1) is 36.1. The molecule has 0 radical (unpaired) electrons. The first-order valence-corrected chi connectivity index (χ1v) is 20.0. The molecule has 288 valence electrons. The zero-order valence-electron chi connectivity index (χ0n) is 32.3. The zero-order valence-corrected chi connectivity index (χ0v) is 32.3. The molecular weight excluding hydrogens is 733 g/mol. The molecule has 10 aromatic rings. The van der Waals surface area contributed by atoms with E-state index < -0.39 is 0 Å². The Morgan fingerprint density at radius 3 is 1.19 bits per heavy atom. The second-order valence-electron chi connectivity index (χ2n) is 14.8. The van der Waals surface area contributed by atoms with Gasteiger partial charge in [-0.05, 0) is 100 Å². The molecular formula is C52H40N2O5. The number of hydrogen-bond donors (Lipinski definition) is 2. The number of carbonyl (C=O) groups is 2. The van der Waals surface area contributed by atoms with Gasteiger partial charge >= 0.3 is 0 Å². The fraction of sp³-hybridized carbons (Fsp3) is 0.115. The Morgan fingerprint density at radius 1 is 0.373 bits per heavy atom. The largest absolute Gasteiger partial charge is 0.490 e. The third-order valence-corrected chi connectivity index (χ3v) is 11.4. The summed E-state index contributed by atoms with van der Waals surface area (Å²) >= 11 is 0. The van der Waals surface area contributed by atoms with Crippen LogP contribution < -0.4 is 20.1 Å². The molecule has 0 atom stereocenters. The van der Waals surface area contributed by atoms with E-state index in [1.54, 1.807) is 24.3 Å². The molecule has 59 heavy (non-hydrogen) atoms. The summed E-state index contributed by atoms with van der Waals surface area (Å²) in [4.78, 5) is 26.9. The fourth-order valence-electron chi connectivity index (χ4n) is 8.52. The van der Waals surface area contributed by atoms with Gasteiger partial charge in [0, 0.05) is 13.1 Å². The molecule has 0 saturated carbocycles. The molecule has 0 saturated heterocycles. The normalized spacial score (nSPS) is 11.7. The predicted octanol–water partition coefficient (Wildman–Crippen LogP) is 10.8. The van der Waals surface area contributed by atoms with Crippen molar-refractivity contribution in [3.8, 4) is 11.5 Å². The maximum absolute atomic E-state index is 13.5. The molecule has 0 aliphatic rings. The molecule has 0 aliphatic carbocycles. The number of hydrogen-bond acceptors (Lipinski definition) is 5. The van der Waals surface area contributed by atoms with Crippen LogP contribution in [0.4, 0.5) is 0 Å². The molecule has 7 nitrogen and oxygen atoms in total. The standard InChI is InChI=1S/C52H40N2O5/c55-51(53-31-39-21-19-37-17-15-33-7-5-9-35-23-25-41(39)49(37)47(33)35)43-11-1-3-13-45(43)58-29-27-57-28-30-59-46-14-4-2-12-44(46)52(56)54-32-40-22-20-38-18-16-34-8-6-10-36-24-26-42(40)50(38)48(34)36/h1-26H,27-32H2,(H,53,55)(H,54,56). The predicted molar refractivity (Wildman–Crippen MR) is 237 cm³/mol. The minimum absolute atomic E-state index is 0.209. The molecule has 0 aromatic heterocycles. The average Bonchev–Trinajstić information content (AvgIpc) is 3.28. The monoisotopic (exact) mass is 772 g/mol. The van der Waals surface area contributed by atoms with E-state index in [1.165, 1.54) is 53.9 Å². The van der Waals surface area contributed by atoms with Crippen molar-refractivity contribution >= 4 is 76.4 Å². The summed E-state index contributed by atoms with van der Waals surface area (Å²) in [5.41, 5.74) is 3.04. The summed E-state index contributed by atoms with van der Waals surface area (Å²) < 4.78 is 17.9. The molecule has 10 rings (SSSR count). The van der Waals surface area contributed by atoms with Crippen molar-refractivity contribution in [3.63, 3.8) is 0 Å². The van der Waals surface area contributed by atoms with Gasteiger partial charge in [0.05, 0.1) is 24.3 Å². The van der Waals surface area contributed by atoms with E-state index >= 15 is 0 Å². The highest BCUT2D eigenvalue weighted by molar-refractivity contribution is 6.24. The maximum atomic E-state index is 13.5. The minimum Gasteiger partial charge on any atom is -0.490 e. The summed E-state index contributed by atoms with van der Waals surface area (Å²) in [5, 5.41) is 20.7. The van der Waals surface area contributed by atoms with E-state index in [0.717, 1.165) is 21.9 Å². The molecule has 0 bridgehead atoms. The Bertz CT molecular complexity index is 2910. The fourth-order valence-corrected chi connectivity index (χ4v) is 8.52. The van der Waals surface area contributed by atoms with E-state index in [1.807, 2.05) is 24.3 Å². The van der Waals surface area contributed by atoms with Crippen molar-refractivity contribution in [1.29, 1.82) is 0 Å². The Balaban J connectivity index is 0.714. The molecule has 10 aromatic carbocycles. The lowest BCUT2D eigenvalue weighted by molar-refractivity contribution is 0.0749. The third kappa shape index (κ3) is 6.85. The van der Waals surface area contributed by atoms with Gasteiger partial charge in [-0.2, -0.15) is 0 Å². The summed E-state index contributed by atoms with van der Waals surface area (Å²) in [6.45, 7) is 1.86. The van der Waals surface area contributed by atoms with Gasteiger partial charge in [0.25, 0.3) is 11.8 Å². The van der Waals surface area contributed by atoms with Crippen molar-refractivity contribution in [2.24, 2.45) is 0 Å². The van der Waals surface area contributed by atoms with Crippen molar-refractivity contribution in [2.75, 3.05) is 26.4 Å². The van der Waals surface area contributed by atoms with Crippen molar-refractivity contribution in [1.82, 2.24) is 10.6 Å². The van der Waals surface area contributed by atoms with Crippen LogP contribution in [0.25, 0.3) is 64.6 Å². The van der Waals surface area contributed by atoms with E-state index in [4.69, 9.17) is 14.2 Å². The Kier molecular flexibility index (Phi) is 9.56. The summed E-state index contributed by atoms with van der Waals surface area (Å²) in [6, 6.07) is 52.9. The number of para-hydroxylation sites is 2. The summed E-state index contributed by atoms with van der Waals surface area (Å²) in [7, 11) is 0. The van der Waals surface area contributed by atoms with Gasteiger partial charge in [-0.15, -0.1) is 0 Å². The van der Waals surface area contributed by atoms with Crippen LogP contribution in [0.1, 0.15) is 31.8 Å². The molecule has 0 unspecified atom stereocenters. The third-order valence-electron chi connectivity index (χ3n) is 11.4. The molecule has 0 spiro atoms. The highest BCUT2D eigenvalue weighted by Crippen LogP contribution is 2.37. The van der Waals surface area contributed by atoms with Crippen LogP contribution >= 0.6 is 0 Å². The van der Waals surface area contributed by atoms with E-state index in [9.17, 15) is 9.59 Å². The lowest BCUT2D eigenvalue weighted by atomic mass is 9.92. The molecule has 2 N–H and O–H groups in total. The molecule has 0 heterocycles. The highest BCUT2D eigenvalue weighted by atomic mass is 16.5. The molecule has 0 fully saturated rings. The van der Waals surface area contributed by atoms with Crippen molar-refractivity contribution in [2.45, 2.75) is 13.1 Å². The van der Waals surface area contributed by atoms with Crippen LogP contribution in [0.15, 0.2) is 158 Å². The zero-order chi connectivity index (χ0) is 39.7. The number of benzene rings is 10. The average molecular weight is 773 g/mol. The SMILES string of the molecule is O=C(NCc1ccc2ccc3cccc4ccc1c2c34)c1ccccc1OCCOCCOc1ccccc1C(=O)NCc1ccc2ccc3cccc4ccc1c2c34. The van der Waals surface area contributed by atoms with E-state index in [2.05, 4.69) is 120 Å². The highest BCUT2D eigenvalue weighted by Gasteiger charge is 2.17. The Morgan fingerprint density at radius 2 is 0.746 bits per heavy atom. The van der Waals surface area contributed by atoms with Crippen molar-refractivity contribution in [3.05, 3.63) is 180 Å². The van der Waals surface area contributed by atoms with Crippen molar-refractivity contribution < 1.29 is 23.8 Å². The first-order chi connectivity index (χ1) is 29.1. The Hall–Kier alpha value is -7.22. The van der Waals surface area contributed by atoms with Crippen LogP contribution in [0, 0.1) is 0 Å². The number of amides is 2. The topological polar surface area (TPSA) is 85.9 Å². The smallest absolute Gasteiger partial charge is 0.255 e. The lowest BCUT2D eigenvalue weighted by Crippen LogP contribution is -2.24. The van der Waals surface area contributed by atoms with Gasteiger partial charge < -0.3 is 24.8 Å². The second-order valence-corrected chi connectivity index (χ2v) is 14.8. The van der Waals surface area contributed by atoms with Crippen LogP contribution in [0.5, 0.6) is 11.5 Å². The lowest BCUT2D eigenvalue weighted by Gasteiger charge is -2.15. The maximum Gasteiger partial charge on any atom is 0.255 e. The van der Waals surface area contributed by atoms with E-state index in [0.29, 0.717) is 48.9 Å². The first-order valence-electron chi connectivity index (χ1n) is 20.0. The van der Waals surface area contributed by atoms with Gasteiger partial charge in [-0.25, -0.2) is 0 Å².